The van der Waals surface area contributed by atoms with E-state index >= 15 is 0 Å². The van der Waals surface area contributed by atoms with E-state index in [9.17, 15) is 22.8 Å². The largest absolute Gasteiger partial charge is 0.471 e. The Balaban J connectivity index is 1.79. The van der Waals surface area contributed by atoms with Crippen LogP contribution in [0.5, 0.6) is 0 Å². The van der Waals surface area contributed by atoms with Crippen molar-refractivity contribution in [3.05, 3.63) is 35.4 Å². The summed E-state index contributed by atoms with van der Waals surface area (Å²) in [4.78, 5) is 24.0. The van der Waals surface area contributed by atoms with E-state index in [1.807, 2.05) is 13.0 Å². The highest BCUT2D eigenvalue weighted by Gasteiger charge is 2.43. The number of hydrogen-bond acceptors (Lipinski definition) is 2. The third-order valence-corrected chi connectivity index (χ3v) is 3.98. The van der Waals surface area contributed by atoms with Gasteiger partial charge < -0.3 is 10.2 Å². The summed E-state index contributed by atoms with van der Waals surface area (Å²) < 4.78 is 37.1. The summed E-state index contributed by atoms with van der Waals surface area (Å²) in [6.45, 7) is 2.44. The lowest BCUT2D eigenvalue weighted by Crippen LogP contribution is -2.46. The molecule has 1 N–H and O–H groups in total. The van der Waals surface area contributed by atoms with Crippen LogP contribution in [-0.2, 0) is 4.79 Å². The van der Waals surface area contributed by atoms with Crippen molar-refractivity contribution >= 4 is 11.8 Å². The van der Waals surface area contributed by atoms with Crippen LogP contribution in [0, 0.1) is 12.8 Å². The molecule has 1 aliphatic heterocycles. The Labute approximate surface area is 132 Å². The Morgan fingerprint density at radius 1 is 1.26 bits per heavy atom. The van der Waals surface area contributed by atoms with Crippen molar-refractivity contribution in [1.29, 1.82) is 0 Å². The smallest absolute Gasteiger partial charge is 0.352 e. The van der Waals surface area contributed by atoms with Crippen molar-refractivity contribution in [3.8, 4) is 0 Å². The average molecular weight is 328 g/mol. The van der Waals surface area contributed by atoms with E-state index in [1.54, 1.807) is 18.2 Å². The van der Waals surface area contributed by atoms with Gasteiger partial charge in [-0.15, -0.1) is 0 Å². The molecule has 2 amide bonds. The highest BCUT2D eigenvalue weighted by atomic mass is 19.4. The summed E-state index contributed by atoms with van der Waals surface area (Å²) in [7, 11) is 0. The minimum atomic E-state index is -4.81. The molecule has 7 heteroatoms. The Kier molecular flexibility index (Phi) is 5.28. The molecule has 1 aromatic rings. The van der Waals surface area contributed by atoms with Crippen LogP contribution in [0.3, 0.4) is 0 Å². The van der Waals surface area contributed by atoms with Crippen molar-refractivity contribution in [1.82, 2.24) is 10.2 Å². The lowest BCUT2D eigenvalue weighted by atomic mass is 9.96. The molecule has 1 fully saturated rings. The zero-order chi connectivity index (χ0) is 17.0. The second-order valence-electron chi connectivity index (χ2n) is 5.81. The van der Waals surface area contributed by atoms with Gasteiger partial charge in [-0.3, -0.25) is 9.59 Å². The number of benzene rings is 1. The van der Waals surface area contributed by atoms with Crippen LogP contribution in [0.1, 0.15) is 28.8 Å². The van der Waals surface area contributed by atoms with E-state index in [-0.39, 0.29) is 24.9 Å². The summed E-state index contributed by atoms with van der Waals surface area (Å²) in [5.41, 5.74) is 1.55. The summed E-state index contributed by atoms with van der Waals surface area (Å²) in [5.74, 6) is -1.89. The molecule has 0 spiro atoms. The van der Waals surface area contributed by atoms with Gasteiger partial charge in [-0.25, -0.2) is 0 Å². The van der Waals surface area contributed by atoms with Gasteiger partial charge in [0.1, 0.15) is 0 Å². The normalized spacial score (nSPS) is 16.3. The molecule has 1 aromatic carbocycles. The second kappa shape index (κ2) is 7.02. The van der Waals surface area contributed by atoms with Gasteiger partial charge in [-0.1, -0.05) is 17.7 Å². The van der Waals surface area contributed by atoms with Crippen LogP contribution >= 0.6 is 0 Å². The standard InChI is InChI=1S/C16H19F3N2O2/c1-11-3-2-4-13(9-11)14(22)20-10-12-5-7-21(8-6-12)15(23)16(17,18)19/h2-4,9,12H,5-8,10H2,1H3,(H,20,22). The first-order chi connectivity index (χ1) is 10.8. The topological polar surface area (TPSA) is 49.4 Å². The molecule has 0 aromatic heterocycles. The van der Waals surface area contributed by atoms with Crippen molar-refractivity contribution in [2.45, 2.75) is 25.9 Å². The molecule has 1 saturated heterocycles. The van der Waals surface area contributed by atoms with Gasteiger partial charge >= 0.3 is 12.1 Å². The number of likely N-dealkylation sites (tertiary alicyclic amines) is 1. The molecule has 0 saturated carbocycles. The number of carbonyl (C=O) groups excluding carboxylic acids is 2. The van der Waals surface area contributed by atoms with Gasteiger partial charge in [0.25, 0.3) is 5.91 Å². The molecule has 0 unspecified atom stereocenters. The van der Waals surface area contributed by atoms with Crippen LogP contribution in [0.2, 0.25) is 0 Å². The van der Waals surface area contributed by atoms with Crippen molar-refractivity contribution < 1.29 is 22.8 Å². The molecule has 4 nitrogen and oxygen atoms in total. The van der Waals surface area contributed by atoms with Crippen molar-refractivity contribution in [2.24, 2.45) is 5.92 Å². The first-order valence-electron chi connectivity index (χ1n) is 7.48. The fraction of sp³-hybridized carbons (Fsp3) is 0.500. The van der Waals surface area contributed by atoms with Gasteiger partial charge in [-0.05, 0) is 37.8 Å². The van der Waals surface area contributed by atoms with E-state index in [0.717, 1.165) is 10.5 Å². The lowest BCUT2D eigenvalue weighted by Gasteiger charge is -2.32. The number of aryl methyl sites for hydroxylation is 1. The molecule has 0 atom stereocenters. The number of amides is 2. The van der Waals surface area contributed by atoms with Crippen LogP contribution < -0.4 is 5.32 Å². The van der Waals surface area contributed by atoms with Crippen molar-refractivity contribution in [2.75, 3.05) is 19.6 Å². The molecule has 0 aliphatic carbocycles. The van der Waals surface area contributed by atoms with Gasteiger partial charge in [0, 0.05) is 25.2 Å². The maximum Gasteiger partial charge on any atom is 0.471 e. The summed E-state index contributed by atoms with van der Waals surface area (Å²) in [6, 6.07) is 7.18. The Morgan fingerprint density at radius 3 is 2.48 bits per heavy atom. The van der Waals surface area contributed by atoms with E-state index < -0.39 is 12.1 Å². The molecule has 0 bridgehead atoms. The van der Waals surface area contributed by atoms with Crippen molar-refractivity contribution in [3.63, 3.8) is 0 Å². The van der Waals surface area contributed by atoms with Crippen LogP contribution in [0.15, 0.2) is 24.3 Å². The number of alkyl halides is 3. The molecule has 23 heavy (non-hydrogen) atoms. The Bertz CT molecular complexity index is 579. The fourth-order valence-corrected chi connectivity index (χ4v) is 2.64. The molecule has 0 radical (unpaired) electrons. The third-order valence-electron chi connectivity index (χ3n) is 3.98. The van der Waals surface area contributed by atoms with E-state index in [2.05, 4.69) is 5.32 Å². The Hall–Kier alpha value is -2.05. The molecule has 2 rings (SSSR count). The quantitative estimate of drug-likeness (QED) is 0.927. The number of piperidine rings is 1. The first-order valence-corrected chi connectivity index (χ1v) is 7.48. The zero-order valence-corrected chi connectivity index (χ0v) is 12.8. The predicted octanol–water partition coefficient (Wildman–Crippen LogP) is 2.53. The van der Waals surface area contributed by atoms with Crippen LogP contribution in [-0.4, -0.2) is 42.5 Å². The van der Waals surface area contributed by atoms with Crippen LogP contribution in [0.4, 0.5) is 13.2 Å². The maximum atomic E-state index is 12.4. The third kappa shape index (κ3) is 4.71. The average Bonchev–Trinajstić information content (AvgIpc) is 2.51. The monoisotopic (exact) mass is 328 g/mol. The van der Waals surface area contributed by atoms with Crippen LogP contribution in [0.25, 0.3) is 0 Å². The number of halogens is 3. The maximum absolute atomic E-state index is 12.4. The van der Waals surface area contributed by atoms with Gasteiger partial charge in [0.05, 0.1) is 0 Å². The molecule has 1 heterocycles. The first kappa shape index (κ1) is 17.3. The highest BCUT2D eigenvalue weighted by Crippen LogP contribution is 2.23. The zero-order valence-electron chi connectivity index (χ0n) is 12.8. The molecule has 1 aliphatic rings. The van der Waals surface area contributed by atoms with E-state index in [4.69, 9.17) is 0 Å². The Morgan fingerprint density at radius 2 is 1.91 bits per heavy atom. The number of hydrogen-bond donors (Lipinski definition) is 1. The summed E-state index contributed by atoms with van der Waals surface area (Å²) in [6.07, 6.45) is -3.90. The number of nitrogens with one attached hydrogen (secondary N) is 1. The summed E-state index contributed by atoms with van der Waals surface area (Å²) >= 11 is 0. The SMILES string of the molecule is Cc1cccc(C(=O)NCC2CCN(C(=O)C(F)(F)F)CC2)c1. The minimum Gasteiger partial charge on any atom is -0.352 e. The van der Waals surface area contributed by atoms with Gasteiger partial charge in [0.2, 0.25) is 0 Å². The molecule has 126 valence electrons. The molecular weight excluding hydrogens is 309 g/mol. The number of nitrogens with zero attached hydrogens (tertiary/aromatic N) is 1. The minimum absolute atomic E-state index is 0.0727. The van der Waals surface area contributed by atoms with E-state index in [0.29, 0.717) is 24.9 Å². The fourth-order valence-electron chi connectivity index (χ4n) is 2.64. The highest BCUT2D eigenvalue weighted by molar-refractivity contribution is 5.94. The van der Waals surface area contributed by atoms with Gasteiger partial charge in [0.15, 0.2) is 0 Å². The van der Waals surface area contributed by atoms with Gasteiger partial charge in [-0.2, -0.15) is 13.2 Å². The summed E-state index contributed by atoms with van der Waals surface area (Å²) in [5, 5.41) is 2.81. The van der Waals surface area contributed by atoms with E-state index in [1.165, 1.54) is 0 Å². The number of rotatable bonds is 3. The molecular formula is C16H19F3N2O2. The second-order valence-corrected chi connectivity index (χ2v) is 5.81. The number of carbonyl (C=O) groups is 2. The lowest BCUT2D eigenvalue weighted by molar-refractivity contribution is -0.186. The predicted molar refractivity (Wildman–Crippen MR) is 78.9 cm³/mol.